The van der Waals surface area contributed by atoms with Crippen molar-refractivity contribution in [2.75, 3.05) is 13.2 Å². The topological polar surface area (TPSA) is 106 Å². The van der Waals surface area contributed by atoms with E-state index in [1.54, 1.807) is 31.2 Å². The van der Waals surface area contributed by atoms with Crippen LogP contribution in [0.15, 0.2) is 36.4 Å². The van der Waals surface area contributed by atoms with E-state index in [0.29, 0.717) is 23.8 Å². The third kappa shape index (κ3) is 9.67. The van der Waals surface area contributed by atoms with Crippen molar-refractivity contribution in [1.82, 2.24) is 16.2 Å². The van der Waals surface area contributed by atoms with Crippen LogP contribution in [0, 0.1) is 5.92 Å². The average Bonchev–Trinajstić information content (AvgIpc) is 2.65. The lowest BCUT2D eigenvalue weighted by molar-refractivity contribution is -0.137. The number of hydrazine groups is 1. The van der Waals surface area contributed by atoms with Gasteiger partial charge in [-0.3, -0.25) is 25.8 Å². The number of hydrogen-bond acceptors (Lipinski definition) is 6. The van der Waals surface area contributed by atoms with Gasteiger partial charge in [0, 0.05) is 17.7 Å². The zero-order valence-corrected chi connectivity index (χ0v) is 16.9. The zero-order valence-electron chi connectivity index (χ0n) is 16.1. The lowest BCUT2D eigenvalue weighted by Gasteiger charge is -2.11. The molecule has 9 heteroatoms. The van der Waals surface area contributed by atoms with Crippen LogP contribution in [-0.2, 0) is 14.3 Å². The largest absolute Gasteiger partial charge is 0.494 e. The smallest absolute Gasteiger partial charge is 0.330 e. The minimum atomic E-state index is -0.638. The van der Waals surface area contributed by atoms with Crippen molar-refractivity contribution in [3.8, 4) is 5.75 Å². The minimum absolute atomic E-state index is 0.125. The monoisotopic (exact) mass is 407 g/mol. The van der Waals surface area contributed by atoms with Crippen molar-refractivity contribution in [3.63, 3.8) is 0 Å². The van der Waals surface area contributed by atoms with Gasteiger partial charge < -0.3 is 9.47 Å². The summed E-state index contributed by atoms with van der Waals surface area (Å²) in [7, 11) is 0. The highest BCUT2D eigenvalue weighted by Gasteiger charge is 2.07. The van der Waals surface area contributed by atoms with E-state index in [9.17, 15) is 14.4 Å². The number of esters is 1. The second-order valence-corrected chi connectivity index (χ2v) is 6.45. The molecule has 0 aliphatic rings. The van der Waals surface area contributed by atoms with Crippen LogP contribution in [0.3, 0.4) is 0 Å². The van der Waals surface area contributed by atoms with Gasteiger partial charge >= 0.3 is 5.97 Å². The molecule has 28 heavy (non-hydrogen) atoms. The predicted molar refractivity (Wildman–Crippen MR) is 109 cm³/mol. The Morgan fingerprint density at radius 2 is 1.79 bits per heavy atom. The summed E-state index contributed by atoms with van der Waals surface area (Å²) in [5.41, 5.74) is 5.16. The van der Waals surface area contributed by atoms with Gasteiger partial charge in [-0.2, -0.15) is 0 Å². The van der Waals surface area contributed by atoms with E-state index in [1.807, 2.05) is 0 Å². The van der Waals surface area contributed by atoms with Crippen LogP contribution in [0.5, 0.6) is 5.75 Å². The fourth-order valence-electron chi connectivity index (χ4n) is 1.82. The molecule has 0 heterocycles. The first-order valence-electron chi connectivity index (χ1n) is 8.80. The molecular formula is C19H25N3O5S. The van der Waals surface area contributed by atoms with Crippen LogP contribution in [0.4, 0.5) is 0 Å². The lowest BCUT2D eigenvalue weighted by atomic mass is 10.1. The first-order chi connectivity index (χ1) is 13.3. The van der Waals surface area contributed by atoms with Gasteiger partial charge in [0.15, 0.2) is 5.11 Å². The SMILES string of the molecule is CCOC(=O)/C=C/C(=O)NC(=S)NNC(=O)c1ccc(OCCC(C)C)cc1. The van der Waals surface area contributed by atoms with E-state index in [-0.39, 0.29) is 11.7 Å². The highest BCUT2D eigenvalue weighted by molar-refractivity contribution is 7.80. The molecule has 0 unspecified atom stereocenters. The summed E-state index contributed by atoms with van der Waals surface area (Å²) in [6, 6.07) is 6.64. The molecule has 0 aliphatic carbocycles. The predicted octanol–water partition coefficient (Wildman–Crippen LogP) is 1.87. The maximum Gasteiger partial charge on any atom is 0.330 e. The standard InChI is InChI=1S/C19H25N3O5S/c1-4-26-17(24)10-9-16(23)20-19(28)22-21-18(25)14-5-7-15(8-6-14)27-12-11-13(2)3/h5-10,13H,4,11-12H2,1-3H3,(H,21,25)(H2,20,22,23,28)/b10-9+. The third-order valence-corrected chi connectivity index (χ3v) is 3.47. The van der Waals surface area contributed by atoms with Gasteiger partial charge in [-0.1, -0.05) is 13.8 Å². The van der Waals surface area contributed by atoms with E-state index in [1.165, 1.54) is 0 Å². The molecule has 0 aromatic heterocycles. The maximum atomic E-state index is 12.1. The molecular weight excluding hydrogens is 382 g/mol. The molecule has 8 nitrogen and oxygen atoms in total. The molecule has 3 N–H and O–H groups in total. The molecule has 0 saturated heterocycles. The summed E-state index contributed by atoms with van der Waals surface area (Å²) in [6.45, 7) is 6.72. The van der Waals surface area contributed by atoms with Gasteiger partial charge in [0.05, 0.1) is 13.2 Å². The quantitative estimate of drug-likeness (QED) is 0.261. The van der Waals surface area contributed by atoms with Gasteiger partial charge in [-0.15, -0.1) is 0 Å². The zero-order chi connectivity index (χ0) is 20.9. The molecule has 0 spiro atoms. The van der Waals surface area contributed by atoms with Crippen LogP contribution in [-0.4, -0.2) is 36.1 Å². The number of ether oxygens (including phenoxy) is 2. The number of rotatable bonds is 8. The normalized spacial score (nSPS) is 10.4. The summed E-state index contributed by atoms with van der Waals surface area (Å²) in [5, 5.41) is 2.15. The number of carbonyl (C=O) groups excluding carboxylic acids is 3. The highest BCUT2D eigenvalue weighted by atomic mass is 32.1. The number of benzene rings is 1. The minimum Gasteiger partial charge on any atom is -0.494 e. The maximum absolute atomic E-state index is 12.1. The molecule has 0 aliphatic heterocycles. The van der Waals surface area contributed by atoms with Crippen LogP contribution >= 0.6 is 12.2 Å². The second kappa shape index (κ2) is 12.4. The average molecular weight is 407 g/mol. The molecule has 2 amide bonds. The molecule has 0 bridgehead atoms. The summed E-state index contributed by atoms with van der Waals surface area (Å²) in [4.78, 5) is 34.8. The van der Waals surface area contributed by atoms with Crippen molar-refractivity contribution in [2.45, 2.75) is 27.2 Å². The lowest BCUT2D eigenvalue weighted by Crippen LogP contribution is -2.48. The van der Waals surface area contributed by atoms with Gasteiger partial charge in [-0.05, 0) is 55.7 Å². The van der Waals surface area contributed by atoms with E-state index < -0.39 is 17.8 Å². The van der Waals surface area contributed by atoms with Gasteiger partial charge in [0.25, 0.3) is 5.91 Å². The number of hydrogen-bond donors (Lipinski definition) is 3. The van der Waals surface area contributed by atoms with E-state index in [0.717, 1.165) is 18.6 Å². The van der Waals surface area contributed by atoms with Crippen molar-refractivity contribution in [2.24, 2.45) is 5.92 Å². The molecule has 0 fully saturated rings. The number of thiocarbonyl (C=S) groups is 1. The molecule has 1 aromatic rings. The van der Waals surface area contributed by atoms with Crippen molar-refractivity contribution < 1.29 is 23.9 Å². The van der Waals surface area contributed by atoms with Crippen LogP contribution in [0.2, 0.25) is 0 Å². The Hall–Kier alpha value is -2.94. The Balaban J connectivity index is 2.39. The van der Waals surface area contributed by atoms with Crippen molar-refractivity contribution in [1.29, 1.82) is 0 Å². The summed E-state index contributed by atoms with van der Waals surface area (Å²) < 4.78 is 10.2. The number of amides is 2. The summed E-state index contributed by atoms with van der Waals surface area (Å²) in [5.74, 6) is -0.473. The number of nitrogens with one attached hydrogen (secondary N) is 3. The van der Waals surface area contributed by atoms with Gasteiger partial charge in [0.1, 0.15) is 5.75 Å². The molecule has 0 radical (unpaired) electrons. The molecule has 0 atom stereocenters. The molecule has 1 aromatic carbocycles. The number of carbonyl (C=O) groups is 3. The Morgan fingerprint density at radius 1 is 1.11 bits per heavy atom. The van der Waals surface area contributed by atoms with Gasteiger partial charge in [-0.25, -0.2) is 4.79 Å². The molecule has 152 valence electrons. The van der Waals surface area contributed by atoms with E-state index in [2.05, 4.69) is 34.8 Å². The second-order valence-electron chi connectivity index (χ2n) is 6.04. The third-order valence-electron chi connectivity index (χ3n) is 3.26. The molecule has 0 saturated carbocycles. The fraction of sp³-hybridized carbons (Fsp3) is 0.368. The van der Waals surface area contributed by atoms with Crippen LogP contribution < -0.4 is 20.9 Å². The van der Waals surface area contributed by atoms with Crippen molar-refractivity contribution in [3.05, 3.63) is 42.0 Å². The highest BCUT2D eigenvalue weighted by Crippen LogP contribution is 2.13. The summed E-state index contributed by atoms with van der Waals surface area (Å²) in [6.07, 6.45) is 2.90. The van der Waals surface area contributed by atoms with Crippen LogP contribution in [0.25, 0.3) is 0 Å². The van der Waals surface area contributed by atoms with Gasteiger partial charge in [0.2, 0.25) is 5.91 Å². The Labute approximate surface area is 169 Å². The first-order valence-corrected chi connectivity index (χ1v) is 9.21. The Morgan fingerprint density at radius 3 is 2.39 bits per heavy atom. The van der Waals surface area contributed by atoms with Crippen molar-refractivity contribution >= 4 is 35.1 Å². The molecule has 1 rings (SSSR count). The Kier molecular flexibility index (Phi) is 10.3. The van der Waals surface area contributed by atoms with E-state index >= 15 is 0 Å². The summed E-state index contributed by atoms with van der Waals surface area (Å²) >= 11 is 4.89. The first kappa shape index (κ1) is 23.1. The van der Waals surface area contributed by atoms with E-state index in [4.69, 9.17) is 17.0 Å². The van der Waals surface area contributed by atoms with Crippen LogP contribution in [0.1, 0.15) is 37.6 Å². The fourth-order valence-corrected chi connectivity index (χ4v) is 1.97. The Bertz CT molecular complexity index is 717.